The van der Waals surface area contributed by atoms with E-state index in [1.807, 2.05) is 24.3 Å². The van der Waals surface area contributed by atoms with Crippen LogP contribution in [0.3, 0.4) is 0 Å². The quantitative estimate of drug-likeness (QED) is 0.796. The smallest absolute Gasteiger partial charge is 0.319 e. The molecule has 0 saturated heterocycles. The Morgan fingerprint density at radius 2 is 1.76 bits per heavy atom. The molecule has 1 aromatic rings. The molecule has 1 fully saturated rings. The lowest BCUT2D eigenvalue weighted by atomic mass is 9.96. The highest BCUT2D eigenvalue weighted by molar-refractivity contribution is 5.89. The lowest BCUT2D eigenvalue weighted by Gasteiger charge is -2.22. The van der Waals surface area contributed by atoms with Crippen LogP contribution < -0.4 is 16.0 Å². The van der Waals surface area contributed by atoms with Crippen LogP contribution in [0, 0.1) is 0 Å². The Bertz CT molecular complexity index is 479. The van der Waals surface area contributed by atoms with Gasteiger partial charge in [0, 0.05) is 18.8 Å². The first-order valence-corrected chi connectivity index (χ1v) is 7.54. The van der Waals surface area contributed by atoms with E-state index in [1.54, 1.807) is 7.05 Å². The van der Waals surface area contributed by atoms with Crippen molar-refractivity contribution < 1.29 is 9.59 Å². The molecule has 1 aliphatic carbocycles. The van der Waals surface area contributed by atoms with Crippen molar-refractivity contribution in [1.82, 2.24) is 10.6 Å². The summed E-state index contributed by atoms with van der Waals surface area (Å²) in [6.45, 7) is 0. The number of hydrogen-bond acceptors (Lipinski definition) is 2. The predicted molar refractivity (Wildman–Crippen MR) is 83.2 cm³/mol. The minimum Gasteiger partial charge on any atom is -0.359 e. The second kappa shape index (κ2) is 7.67. The van der Waals surface area contributed by atoms with Gasteiger partial charge in [-0.2, -0.15) is 0 Å². The van der Waals surface area contributed by atoms with E-state index in [1.165, 1.54) is 19.3 Å². The zero-order valence-electron chi connectivity index (χ0n) is 12.4. The molecule has 1 saturated carbocycles. The van der Waals surface area contributed by atoms with Crippen molar-refractivity contribution in [3.63, 3.8) is 0 Å². The number of urea groups is 1. The van der Waals surface area contributed by atoms with Gasteiger partial charge >= 0.3 is 6.03 Å². The molecule has 0 heterocycles. The van der Waals surface area contributed by atoms with Gasteiger partial charge in [0.15, 0.2) is 0 Å². The van der Waals surface area contributed by atoms with E-state index < -0.39 is 0 Å². The van der Waals surface area contributed by atoms with Gasteiger partial charge in [0.2, 0.25) is 5.91 Å². The third-order valence-corrected chi connectivity index (χ3v) is 3.80. The Labute approximate surface area is 125 Å². The van der Waals surface area contributed by atoms with Gasteiger partial charge in [-0.3, -0.25) is 4.79 Å². The molecule has 0 aliphatic heterocycles. The van der Waals surface area contributed by atoms with Gasteiger partial charge in [0.25, 0.3) is 0 Å². The largest absolute Gasteiger partial charge is 0.359 e. The minimum atomic E-state index is -0.152. The van der Waals surface area contributed by atoms with Crippen molar-refractivity contribution in [3.8, 4) is 0 Å². The van der Waals surface area contributed by atoms with Crippen LogP contribution in [0.15, 0.2) is 24.3 Å². The summed E-state index contributed by atoms with van der Waals surface area (Å²) in [5, 5.41) is 8.43. The van der Waals surface area contributed by atoms with Crippen LogP contribution >= 0.6 is 0 Å². The van der Waals surface area contributed by atoms with Gasteiger partial charge < -0.3 is 16.0 Å². The number of nitrogens with one attached hydrogen (secondary N) is 3. The summed E-state index contributed by atoms with van der Waals surface area (Å²) in [6, 6.07) is 7.49. The van der Waals surface area contributed by atoms with Gasteiger partial charge in [-0.05, 0) is 30.5 Å². The van der Waals surface area contributed by atoms with Crippen LogP contribution in [0.2, 0.25) is 0 Å². The first-order valence-electron chi connectivity index (χ1n) is 7.54. The number of anilines is 1. The Balaban J connectivity index is 1.81. The first-order chi connectivity index (χ1) is 10.2. The van der Waals surface area contributed by atoms with Crippen LogP contribution in [0.5, 0.6) is 0 Å². The molecule has 0 bridgehead atoms. The monoisotopic (exact) mass is 289 g/mol. The summed E-state index contributed by atoms with van der Waals surface area (Å²) < 4.78 is 0. The van der Waals surface area contributed by atoms with Gasteiger partial charge in [-0.1, -0.05) is 31.4 Å². The average molecular weight is 289 g/mol. The standard InChI is InChI=1S/C16H23N3O2/c1-17-15(20)11-12-7-9-14(10-8-12)19-16(21)18-13-5-3-2-4-6-13/h7-10,13H,2-6,11H2,1H3,(H,17,20)(H2,18,19,21). The molecule has 0 spiro atoms. The van der Waals surface area contributed by atoms with Crippen molar-refractivity contribution in [1.29, 1.82) is 0 Å². The molecule has 0 unspecified atom stereocenters. The van der Waals surface area contributed by atoms with Crippen LogP contribution in [-0.4, -0.2) is 25.0 Å². The second-order valence-electron chi connectivity index (χ2n) is 5.48. The van der Waals surface area contributed by atoms with Crippen molar-refractivity contribution >= 4 is 17.6 Å². The molecule has 0 radical (unpaired) electrons. The number of rotatable bonds is 4. The molecule has 114 valence electrons. The third kappa shape index (κ3) is 5.10. The van der Waals surface area contributed by atoms with E-state index in [0.717, 1.165) is 24.1 Å². The molecular weight excluding hydrogens is 266 g/mol. The number of likely N-dealkylation sites (N-methyl/N-ethyl adjacent to an activating group) is 1. The molecule has 0 aromatic heterocycles. The zero-order chi connectivity index (χ0) is 15.1. The minimum absolute atomic E-state index is 0.0225. The topological polar surface area (TPSA) is 70.2 Å². The fourth-order valence-corrected chi connectivity index (χ4v) is 2.58. The van der Waals surface area contributed by atoms with Crippen LogP contribution in [0.1, 0.15) is 37.7 Å². The number of benzene rings is 1. The van der Waals surface area contributed by atoms with Gasteiger partial charge in [0.1, 0.15) is 0 Å². The van der Waals surface area contributed by atoms with Crippen LogP contribution in [0.25, 0.3) is 0 Å². The van der Waals surface area contributed by atoms with Crippen molar-refractivity contribution in [2.75, 3.05) is 12.4 Å². The van der Waals surface area contributed by atoms with E-state index in [9.17, 15) is 9.59 Å². The molecule has 5 heteroatoms. The predicted octanol–water partition coefficient (Wildman–Crippen LogP) is 2.43. The SMILES string of the molecule is CNC(=O)Cc1ccc(NC(=O)NC2CCCCC2)cc1. The maximum absolute atomic E-state index is 11.9. The molecule has 5 nitrogen and oxygen atoms in total. The summed E-state index contributed by atoms with van der Waals surface area (Å²) in [6.07, 6.45) is 6.15. The average Bonchev–Trinajstić information content (AvgIpc) is 2.50. The molecule has 3 N–H and O–H groups in total. The zero-order valence-corrected chi connectivity index (χ0v) is 12.4. The van der Waals surface area contributed by atoms with E-state index in [0.29, 0.717) is 12.5 Å². The summed E-state index contributed by atoms with van der Waals surface area (Å²) in [4.78, 5) is 23.2. The second-order valence-corrected chi connectivity index (χ2v) is 5.48. The van der Waals surface area contributed by atoms with E-state index in [2.05, 4.69) is 16.0 Å². The lowest BCUT2D eigenvalue weighted by Crippen LogP contribution is -2.39. The maximum atomic E-state index is 11.9. The van der Waals surface area contributed by atoms with Gasteiger partial charge in [-0.25, -0.2) is 4.79 Å². The highest BCUT2D eigenvalue weighted by Gasteiger charge is 2.15. The molecule has 0 atom stereocenters. The Hall–Kier alpha value is -2.04. The highest BCUT2D eigenvalue weighted by Crippen LogP contribution is 2.17. The summed E-state index contributed by atoms with van der Waals surface area (Å²) in [5.41, 5.74) is 1.66. The first kappa shape index (κ1) is 15.4. The van der Waals surface area contributed by atoms with Gasteiger partial charge in [0.05, 0.1) is 6.42 Å². The van der Waals surface area contributed by atoms with E-state index in [4.69, 9.17) is 0 Å². The molecule has 3 amide bonds. The molecule has 2 rings (SSSR count). The Kier molecular flexibility index (Phi) is 5.60. The summed E-state index contributed by atoms with van der Waals surface area (Å²) in [7, 11) is 1.62. The Morgan fingerprint density at radius 3 is 2.38 bits per heavy atom. The fraction of sp³-hybridized carbons (Fsp3) is 0.500. The number of carbonyl (C=O) groups is 2. The Morgan fingerprint density at radius 1 is 1.10 bits per heavy atom. The molecule has 21 heavy (non-hydrogen) atoms. The van der Waals surface area contributed by atoms with Crippen molar-refractivity contribution in [3.05, 3.63) is 29.8 Å². The maximum Gasteiger partial charge on any atom is 0.319 e. The fourth-order valence-electron chi connectivity index (χ4n) is 2.58. The lowest BCUT2D eigenvalue weighted by molar-refractivity contribution is -0.119. The highest BCUT2D eigenvalue weighted by atomic mass is 16.2. The van der Waals surface area contributed by atoms with Crippen LogP contribution in [0.4, 0.5) is 10.5 Å². The summed E-state index contributed by atoms with van der Waals surface area (Å²) >= 11 is 0. The normalized spacial score (nSPS) is 15.3. The third-order valence-electron chi connectivity index (χ3n) is 3.80. The van der Waals surface area contributed by atoms with E-state index in [-0.39, 0.29) is 11.9 Å². The van der Waals surface area contributed by atoms with Crippen molar-refractivity contribution in [2.45, 2.75) is 44.6 Å². The number of amides is 3. The number of carbonyl (C=O) groups excluding carboxylic acids is 2. The van der Waals surface area contributed by atoms with Crippen LogP contribution in [-0.2, 0) is 11.2 Å². The molecular formula is C16H23N3O2. The van der Waals surface area contributed by atoms with E-state index >= 15 is 0 Å². The molecule has 1 aromatic carbocycles. The van der Waals surface area contributed by atoms with Crippen molar-refractivity contribution in [2.24, 2.45) is 0 Å². The molecule has 1 aliphatic rings. The number of hydrogen-bond donors (Lipinski definition) is 3. The summed E-state index contributed by atoms with van der Waals surface area (Å²) in [5.74, 6) is -0.0225. The van der Waals surface area contributed by atoms with Gasteiger partial charge in [-0.15, -0.1) is 0 Å².